The van der Waals surface area contributed by atoms with E-state index in [1.165, 1.54) is 7.11 Å². The molecule has 0 spiro atoms. The highest BCUT2D eigenvalue weighted by molar-refractivity contribution is 7.89. The minimum absolute atomic E-state index is 0.0553. The molecule has 2 atom stereocenters. The van der Waals surface area contributed by atoms with Crippen molar-refractivity contribution in [2.75, 3.05) is 7.11 Å². The van der Waals surface area contributed by atoms with Crippen molar-refractivity contribution in [2.24, 2.45) is 0 Å². The molecule has 5 nitrogen and oxygen atoms in total. The monoisotopic (exact) mass is 373 g/mol. The summed E-state index contributed by atoms with van der Waals surface area (Å²) >= 11 is 0. The first-order valence-corrected chi connectivity index (χ1v) is 10.2. The number of benzene rings is 2. The number of methoxy groups -OCH3 is 1. The second-order valence-corrected chi connectivity index (χ2v) is 8.67. The Morgan fingerprint density at radius 1 is 1.08 bits per heavy atom. The number of hydrogen-bond acceptors (Lipinski definition) is 4. The number of rotatable bonds is 4. The van der Waals surface area contributed by atoms with Crippen LogP contribution in [0.4, 0.5) is 0 Å². The Hall–Kier alpha value is -2.18. The van der Waals surface area contributed by atoms with Crippen molar-refractivity contribution < 1.29 is 17.9 Å². The van der Waals surface area contributed by atoms with Crippen LogP contribution in [0.3, 0.4) is 0 Å². The second-order valence-electron chi connectivity index (χ2n) is 6.60. The first-order valence-electron chi connectivity index (χ1n) is 8.66. The molecule has 0 amide bonds. The molecule has 1 aliphatic heterocycles. The normalized spacial score (nSPS) is 22.7. The van der Waals surface area contributed by atoms with Crippen LogP contribution in [0.2, 0.25) is 0 Å². The lowest BCUT2D eigenvalue weighted by atomic mass is 10.0. The van der Waals surface area contributed by atoms with E-state index < -0.39 is 21.2 Å². The van der Waals surface area contributed by atoms with Crippen molar-refractivity contribution in [1.29, 1.82) is 0 Å². The summed E-state index contributed by atoms with van der Waals surface area (Å²) in [5, 5.41) is -0.505. The van der Waals surface area contributed by atoms with Gasteiger partial charge in [0.15, 0.2) is 0 Å². The van der Waals surface area contributed by atoms with Crippen LogP contribution in [-0.2, 0) is 21.3 Å². The van der Waals surface area contributed by atoms with Crippen molar-refractivity contribution in [3.63, 3.8) is 0 Å². The van der Waals surface area contributed by atoms with Gasteiger partial charge in [0.2, 0.25) is 10.0 Å². The highest BCUT2D eigenvalue weighted by Gasteiger charge is 2.40. The summed E-state index contributed by atoms with van der Waals surface area (Å²) in [4.78, 5) is 11.5. The highest BCUT2D eigenvalue weighted by atomic mass is 32.2. The summed E-state index contributed by atoms with van der Waals surface area (Å²) in [6.45, 7) is 2.25. The molecular formula is C20H23NO4S. The molecule has 0 radical (unpaired) electrons. The highest BCUT2D eigenvalue weighted by Crippen LogP contribution is 2.37. The van der Waals surface area contributed by atoms with E-state index in [-0.39, 0.29) is 6.04 Å². The van der Waals surface area contributed by atoms with Gasteiger partial charge < -0.3 is 4.74 Å². The minimum atomic E-state index is -3.45. The lowest BCUT2D eigenvalue weighted by Gasteiger charge is -2.37. The van der Waals surface area contributed by atoms with Gasteiger partial charge in [-0.3, -0.25) is 0 Å². The molecule has 138 valence electrons. The van der Waals surface area contributed by atoms with Gasteiger partial charge in [-0.05, 0) is 43.0 Å². The number of sulfonamides is 1. The predicted octanol–water partition coefficient (Wildman–Crippen LogP) is 3.53. The average molecular weight is 373 g/mol. The number of esters is 1. The Balaban J connectivity index is 1.84. The van der Waals surface area contributed by atoms with E-state index in [9.17, 15) is 13.2 Å². The average Bonchev–Trinajstić information content (AvgIpc) is 2.65. The summed E-state index contributed by atoms with van der Waals surface area (Å²) in [5.41, 5.74) is 2.14. The van der Waals surface area contributed by atoms with Crippen LogP contribution < -0.4 is 0 Å². The fourth-order valence-corrected chi connectivity index (χ4v) is 5.59. The molecule has 2 aromatic rings. The molecule has 3 rings (SSSR count). The van der Waals surface area contributed by atoms with Crippen LogP contribution in [0, 0.1) is 0 Å². The predicted molar refractivity (Wildman–Crippen MR) is 100 cm³/mol. The summed E-state index contributed by atoms with van der Waals surface area (Å²) in [7, 11) is -2.12. The van der Waals surface area contributed by atoms with Crippen LogP contribution in [0.25, 0.3) is 0 Å². The van der Waals surface area contributed by atoms with Crippen LogP contribution in [0.5, 0.6) is 0 Å². The van der Waals surface area contributed by atoms with E-state index in [4.69, 9.17) is 4.74 Å². The van der Waals surface area contributed by atoms with Crippen molar-refractivity contribution in [2.45, 2.75) is 37.6 Å². The fraction of sp³-hybridized carbons (Fsp3) is 0.350. The molecule has 1 heterocycles. The molecule has 0 unspecified atom stereocenters. The Labute approximate surface area is 154 Å². The third-order valence-corrected chi connectivity index (χ3v) is 7.28. The van der Waals surface area contributed by atoms with Gasteiger partial charge in [0.1, 0.15) is 5.25 Å². The zero-order valence-corrected chi connectivity index (χ0v) is 15.8. The van der Waals surface area contributed by atoms with Crippen LogP contribution in [0.1, 0.15) is 46.5 Å². The first kappa shape index (κ1) is 18.6. The molecule has 0 aromatic heterocycles. The van der Waals surface area contributed by atoms with Gasteiger partial charge in [0, 0.05) is 12.6 Å². The third kappa shape index (κ3) is 3.66. The number of carbonyl (C=O) groups excluding carboxylic acids is 1. The zero-order chi connectivity index (χ0) is 18.7. The topological polar surface area (TPSA) is 63.7 Å². The SMILES string of the molecule is COC(=O)c1ccc(CN2[C@@H](C)CC[C@@H](c3ccccc3)S2(=O)=O)cc1. The van der Waals surface area contributed by atoms with Crippen molar-refractivity contribution >= 4 is 16.0 Å². The Kier molecular flexibility index (Phi) is 5.44. The molecular weight excluding hydrogens is 350 g/mol. The van der Waals surface area contributed by atoms with Gasteiger partial charge in [0.25, 0.3) is 0 Å². The maximum atomic E-state index is 13.2. The van der Waals surface area contributed by atoms with Crippen LogP contribution >= 0.6 is 0 Å². The maximum Gasteiger partial charge on any atom is 0.337 e. The van der Waals surface area contributed by atoms with E-state index in [1.54, 1.807) is 28.6 Å². The summed E-state index contributed by atoms with van der Waals surface area (Å²) in [6, 6.07) is 16.2. The van der Waals surface area contributed by atoms with Crippen molar-refractivity contribution in [3.05, 3.63) is 71.3 Å². The Bertz CT molecular complexity index is 862. The maximum absolute atomic E-state index is 13.2. The molecule has 1 saturated heterocycles. The number of carbonyl (C=O) groups is 1. The van der Waals surface area contributed by atoms with Gasteiger partial charge in [-0.25, -0.2) is 13.2 Å². The van der Waals surface area contributed by atoms with Gasteiger partial charge in [0.05, 0.1) is 12.7 Å². The van der Waals surface area contributed by atoms with Gasteiger partial charge in [-0.2, -0.15) is 4.31 Å². The van der Waals surface area contributed by atoms with E-state index in [1.807, 2.05) is 37.3 Å². The smallest absolute Gasteiger partial charge is 0.337 e. The molecule has 6 heteroatoms. The minimum Gasteiger partial charge on any atom is -0.465 e. The molecule has 0 N–H and O–H groups in total. The van der Waals surface area contributed by atoms with E-state index in [0.717, 1.165) is 17.5 Å². The molecule has 1 fully saturated rings. The number of ether oxygens (including phenoxy) is 1. The molecule has 1 aliphatic rings. The summed E-state index contributed by atoms with van der Waals surface area (Å²) in [5.74, 6) is -0.403. The molecule has 0 aliphatic carbocycles. The van der Waals surface area contributed by atoms with E-state index >= 15 is 0 Å². The molecule has 26 heavy (non-hydrogen) atoms. The summed E-state index contributed by atoms with van der Waals surface area (Å²) < 4.78 is 32.7. The standard InChI is InChI=1S/C20H23NO4S/c1-15-8-13-19(17-6-4-3-5-7-17)26(23,24)21(15)14-16-9-11-18(12-10-16)20(22)25-2/h3-7,9-12,15,19H,8,13-14H2,1-2H3/t15-,19-/m0/s1. The zero-order valence-electron chi connectivity index (χ0n) is 15.0. The summed E-state index contributed by atoms with van der Waals surface area (Å²) in [6.07, 6.45) is 1.45. The van der Waals surface area contributed by atoms with E-state index in [0.29, 0.717) is 18.5 Å². The fourth-order valence-electron chi connectivity index (χ4n) is 3.40. The van der Waals surface area contributed by atoms with Crippen molar-refractivity contribution in [3.8, 4) is 0 Å². The van der Waals surface area contributed by atoms with Crippen LogP contribution in [0.15, 0.2) is 54.6 Å². The van der Waals surface area contributed by atoms with Gasteiger partial charge in [-0.15, -0.1) is 0 Å². The third-order valence-electron chi connectivity index (χ3n) is 4.91. The molecule has 0 saturated carbocycles. The largest absolute Gasteiger partial charge is 0.465 e. The Morgan fingerprint density at radius 2 is 1.73 bits per heavy atom. The number of hydrogen-bond donors (Lipinski definition) is 0. The second kappa shape index (κ2) is 7.60. The van der Waals surface area contributed by atoms with Crippen molar-refractivity contribution in [1.82, 2.24) is 4.31 Å². The van der Waals surface area contributed by atoms with Crippen LogP contribution in [-0.4, -0.2) is 31.8 Å². The van der Waals surface area contributed by atoms with Gasteiger partial charge in [-0.1, -0.05) is 42.5 Å². The molecule has 2 aromatic carbocycles. The van der Waals surface area contributed by atoms with Gasteiger partial charge >= 0.3 is 5.97 Å². The quantitative estimate of drug-likeness (QED) is 0.769. The molecule has 0 bridgehead atoms. The lowest BCUT2D eigenvalue weighted by molar-refractivity contribution is 0.0600. The number of nitrogens with zero attached hydrogens (tertiary/aromatic N) is 1. The lowest BCUT2D eigenvalue weighted by Crippen LogP contribution is -2.44. The van der Waals surface area contributed by atoms with E-state index in [2.05, 4.69) is 0 Å². The Morgan fingerprint density at radius 3 is 2.35 bits per heavy atom. The first-order chi connectivity index (χ1) is 12.4.